The fraction of sp³-hybridized carbons (Fsp3) is 0.706. The number of aryl methyl sites for hydroxylation is 2. The molecule has 1 aliphatic rings. The Morgan fingerprint density at radius 2 is 1.95 bits per heavy atom. The molecule has 2 heterocycles. The Balaban J connectivity index is 2.20. The predicted molar refractivity (Wildman–Crippen MR) is 86.2 cm³/mol. The van der Waals surface area contributed by atoms with E-state index in [-0.39, 0.29) is 0 Å². The summed E-state index contributed by atoms with van der Waals surface area (Å²) < 4.78 is 0. The average molecular weight is 275 g/mol. The lowest BCUT2D eigenvalue weighted by Gasteiger charge is -2.36. The summed E-state index contributed by atoms with van der Waals surface area (Å²) in [6, 6.07) is 2.19. The second-order valence-corrected chi connectivity index (χ2v) is 6.48. The standard InChI is InChI=1S/C17H29N3/c1-12(2)15-6-8-20(9-7-15)17-16(11-18-5)13(3)10-14(4)19-17/h10,12,15,18H,6-9,11H2,1-5H3. The molecule has 2 rings (SSSR count). The van der Waals surface area contributed by atoms with Gasteiger partial charge in [0, 0.05) is 30.9 Å². The number of aromatic nitrogens is 1. The molecule has 0 unspecified atom stereocenters. The minimum atomic E-state index is 0.807. The largest absolute Gasteiger partial charge is 0.356 e. The van der Waals surface area contributed by atoms with Gasteiger partial charge in [0.2, 0.25) is 0 Å². The van der Waals surface area contributed by atoms with E-state index in [9.17, 15) is 0 Å². The number of hydrogen-bond acceptors (Lipinski definition) is 3. The quantitative estimate of drug-likeness (QED) is 0.914. The molecule has 0 amide bonds. The third-order valence-electron chi connectivity index (χ3n) is 4.59. The van der Waals surface area contributed by atoms with Gasteiger partial charge in [0.15, 0.2) is 0 Å². The predicted octanol–water partition coefficient (Wildman–Crippen LogP) is 3.29. The molecule has 0 atom stereocenters. The van der Waals surface area contributed by atoms with Gasteiger partial charge in [-0.05, 0) is 57.2 Å². The van der Waals surface area contributed by atoms with Crippen LogP contribution in [0.4, 0.5) is 5.82 Å². The summed E-state index contributed by atoms with van der Waals surface area (Å²) in [5.74, 6) is 2.89. The van der Waals surface area contributed by atoms with Gasteiger partial charge in [-0.3, -0.25) is 0 Å². The lowest BCUT2D eigenvalue weighted by atomic mass is 9.86. The van der Waals surface area contributed by atoms with Gasteiger partial charge in [-0.15, -0.1) is 0 Å². The van der Waals surface area contributed by atoms with Gasteiger partial charge in [0.1, 0.15) is 5.82 Å². The van der Waals surface area contributed by atoms with Gasteiger partial charge in [-0.1, -0.05) is 13.8 Å². The maximum atomic E-state index is 4.83. The molecule has 3 heteroatoms. The van der Waals surface area contributed by atoms with Crippen LogP contribution in [-0.4, -0.2) is 25.1 Å². The number of nitrogens with one attached hydrogen (secondary N) is 1. The monoisotopic (exact) mass is 275 g/mol. The van der Waals surface area contributed by atoms with Crippen molar-refractivity contribution >= 4 is 5.82 Å². The van der Waals surface area contributed by atoms with E-state index in [4.69, 9.17) is 4.98 Å². The number of piperidine rings is 1. The van der Waals surface area contributed by atoms with E-state index < -0.39 is 0 Å². The number of nitrogens with zero attached hydrogens (tertiary/aromatic N) is 2. The van der Waals surface area contributed by atoms with Crippen molar-refractivity contribution in [2.24, 2.45) is 11.8 Å². The molecule has 0 radical (unpaired) electrons. The molecular formula is C17H29N3. The summed E-state index contributed by atoms with van der Waals surface area (Å²) in [4.78, 5) is 7.32. The summed E-state index contributed by atoms with van der Waals surface area (Å²) in [6.07, 6.45) is 2.59. The van der Waals surface area contributed by atoms with Gasteiger partial charge in [-0.25, -0.2) is 4.98 Å². The van der Waals surface area contributed by atoms with Crippen molar-refractivity contribution in [1.82, 2.24) is 10.3 Å². The molecule has 0 saturated carbocycles. The molecule has 1 aromatic heterocycles. The lowest BCUT2D eigenvalue weighted by Crippen LogP contribution is -2.36. The summed E-state index contributed by atoms with van der Waals surface area (Å²) >= 11 is 0. The summed E-state index contributed by atoms with van der Waals surface area (Å²) in [5.41, 5.74) is 3.84. The van der Waals surface area contributed by atoms with Crippen molar-refractivity contribution in [3.63, 3.8) is 0 Å². The van der Waals surface area contributed by atoms with Crippen LogP contribution in [0.3, 0.4) is 0 Å². The Bertz CT molecular complexity index is 446. The summed E-state index contributed by atoms with van der Waals surface area (Å²) in [7, 11) is 2.01. The first kappa shape index (κ1) is 15.3. The van der Waals surface area contributed by atoms with Crippen LogP contribution in [0.1, 0.15) is 43.5 Å². The van der Waals surface area contributed by atoms with Gasteiger partial charge < -0.3 is 10.2 Å². The van der Waals surface area contributed by atoms with E-state index in [1.807, 2.05) is 7.05 Å². The first-order chi connectivity index (χ1) is 9.52. The molecule has 1 aliphatic heterocycles. The smallest absolute Gasteiger partial charge is 0.133 e. The first-order valence-corrected chi connectivity index (χ1v) is 7.89. The highest BCUT2D eigenvalue weighted by molar-refractivity contribution is 5.52. The van der Waals surface area contributed by atoms with Crippen LogP contribution in [0.15, 0.2) is 6.07 Å². The van der Waals surface area contributed by atoms with E-state index in [0.717, 1.165) is 37.2 Å². The average Bonchev–Trinajstić information content (AvgIpc) is 2.41. The van der Waals surface area contributed by atoms with Crippen molar-refractivity contribution in [1.29, 1.82) is 0 Å². The third kappa shape index (κ3) is 3.32. The van der Waals surface area contributed by atoms with Crippen LogP contribution in [0.2, 0.25) is 0 Å². The van der Waals surface area contributed by atoms with Gasteiger partial charge in [0.25, 0.3) is 0 Å². The third-order valence-corrected chi connectivity index (χ3v) is 4.59. The second kappa shape index (κ2) is 6.57. The van der Waals surface area contributed by atoms with Crippen molar-refractivity contribution in [3.05, 3.63) is 22.9 Å². The first-order valence-electron chi connectivity index (χ1n) is 7.89. The van der Waals surface area contributed by atoms with E-state index in [1.165, 1.54) is 29.8 Å². The molecule has 1 saturated heterocycles. The number of hydrogen-bond donors (Lipinski definition) is 1. The minimum absolute atomic E-state index is 0.807. The van der Waals surface area contributed by atoms with Crippen LogP contribution in [-0.2, 0) is 6.54 Å². The molecular weight excluding hydrogens is 246 g/mol. The van der Waals surface area contributed by atoms with Gasteiger partial charge >= 0.3 is 0 Å². The molecule has 0 aliphatic carbocycles. The summed E-state index contributed by atoms with van der Waals surface area (Å²) in [5, 5.41) is 3.28. The van der Waals surface area contributed by atoms with Gasteiger partial charge in [-0.2, -0.15) is 0 Å². The van der Waals surface area contributed by atoms with Crippen molar-refractivity contribution < 1.29 is 0 Å². The second-order valence-electron chi connectivity index (χ2n) is 6.48. The van der Waals surface area contributed by atoms with Crippen LogP contribution >= 0.6 is 0 Å². The molecule has 0 bridgehead atoms. The Kier molecular flexibility index (Phi) is 5.03. The fourth-order valence-corrected chi connectivity index (χ4v) is 3.28. The van der Waals surface area contributed by atoms with Crippen LogP contribution in [0.5, 0.6) is 0 Å². The zero-order chi connectivity index (χ0) is 14.7. The highest BCUT2D eigenvalue weighted by Gasteiger charge is 2.24. The maximum absolute atomic E-state index is 4.83. The normalized spacial score (nSPS) is 17.0. The minimum Gasteiger partial charge on any atom is -0.356 e. The van der Waals surface area contributed by atoms with E-state index in [1.54, 1.807) is 0 Å². The Morgan fingerprint density at radius 3 is 2.50 bits per heavy atom. The van der Waals surface area contributed by atoms with Crippen LogP contribution < -0.4 is 10.2 Å². The Hall–Kier alpha value is -1.09. The maximum Gasteiger partial charge on any atom is 0.133 e. The molecule has 1 N–H and O–H groups in total. The molecule has 1 fully saturated rings. The Morgan fingerprint density at radius 1 is 1.30 bits per heavy atom. The van der Waals surface area contributed by atoms with Crippen molar-refractivity contribution in [2.75, 3.05) is 25.0 Å². The van der Waals surface area contributed by atoms with E-state index in [0.29, 0.717) is 0 Å². The zero-order valence-electron chi connectivity index (χ0n) is 13.7. The zero-order valence-corrected chi connectivity index (χ0v) is 13.7. The molecule has 0 spiro atoms. The molecule has 112 valence electrons. The summed E-state index contributed by atoms with van der Waals surface area (Å²) in [6.45, 7) is 12.2. The van der Waals surface area contributed by atoms with Crippen LogP contribution in [0.25, 0.3) is 0 Å². The number of rotatable bonds is 4. The van der Waals surface area contributed by atoms with Crippen molar-refractivity contribution in [3.8, 4) is 0 Å². The molecule has 1 aromatic rings. The van der Waals surface area contributed by atoms with E-state index in [2.05, 4.69) is 44.0 Å². The molecule has 0 aromatic carbocycles. The van der Waals surface area contributed by atoms with Gasteiger partial charge in [0.05, 0.1) is 0 Å². The van der Waals surface area contributed by atoms with Crippen molar-refractivity contribution in [2.45, 2.75) is 47.1 Å². The van der Waals surface area contributed by atoms with E-state index >= 15 is 0 Å². The highest BCUT2D eigenvalue weighted by Crippen LogP contribution is 2.30. The molecule has 20 heavy (non-hydrogen) atoms. The number of anilines is 1. The highest BCUT2D eigenvalue weighted by atomic mass is 15.2. The fourth-order valence-electron chi connectivity index (χ4n) is 3.28. The number of pyridine rings is 1. The Labute approximate surface area is 123 Å². The molecule has 3 nitrogen and oxygen atoms in total. The van der Waals surface area contributed by atoms with Crippen LogP contribution in [0, 0.1) is 25.7 Å². The SMILES string of the molecule is CNCc1c(C)cc(C)nc1N1CCC(C(C)C)CC1. The topological polar surface area (TPSA) is 28.2 Å². The lowest BCUT2D eigenvalue weighted by molar-refractivity contribution is 0.310.